The van der Waals surface area contributed by atoms with Crippen LogP contribution in [0.25, 0.3) is 0 Å². The highest BCUT2D eigenvalue weighted by atomic mass is 16.5. The van der Waals surface area contributed by atoms with E-state index in [0.717, 1.165) is 0 Å². The molecule has 16 heavy (non-hydrogen) atoms. The summed E-state index contributed by atoms with van der Waals surface area (Å²) in [5.74, 6) is -0.619. The topological polar surface area (TPSA) is 72.8 Å². The standard InChI is InChI=1S/C11H12O5/c1-7(12)15-6-9-5-10(16-8(2)13)3-4-11(9)14/h3-5,14H,6H2,1-2H3. The number of rotatable bonds is 3. The van der Waals surface area contributed by atoms with Crippen LogP contribution in [0.1, 0.15) is 19.4 Å². The largest absolute Gasteiger partial charge is 0.508 e. The number of benzene rings is 1. The number of aromatic hydroxyl groups is 1. The third-order valence-electron chi connectivity index (χ3n) is 1.74. The van der Waals surface area contributed by atoms with E-state index >= 15 is 0 Å². The van der Waals surface area contributed by atoms with Crippen molar-refractivity contribution in [3.63, 3.8) is 0 Å². The average molecular weight is 224 g/mol. The molecular weight excluding hydrogens is 212 g/mol. The molecule has 86 valence electrons. The zero-order valence-electron chi connectivity index (χ0n) is 9.02. The Balaban J connectivity index is 2.81. The highest BCUT2D eigenvalue weighted by Crippen LogP contribution is 2.23. The molecule has 1 aromatic carbocycles. The van der Waals surface area contributed by atoms with Crippen LogP contribution in [0.15, 0.2) is 18.2 Å². The van der Waals surface area contributed by atoms with E-state index in [9.17, 15) is 14.7 Å². The first-order valence-corrected chi connectivity index (χ1v) is 4.62. The van der Waals surface area contributed by atoms with Crippen molar-refractivity contribution in [1.29, 1.82) is 0 Å². The number of hydrogen-bond acceptors (Lipinski definition) is 5. The minimum Gasteiger partial charge on any atom is -0.508 e. The number of esters is 2. The van der Waals surface area contributed by atoms with Gasteiger partial charge in [0.05, 0.1) is 0 Å². The lowest BCUT2D eigenvalue weighted by Crippen LogP contribution is -2.03. The molecule has 0 atom stereocenters. The Kier molecular flexibility index (Phi) is 3.88. The molecule has 0 radical (unpaired) electrons. The maximum atomic E-state index is 10.7. The Morgan fingerprint density at radius 3 is 2.50 bits per heavy atom. The van der Waals surface area contributed by atoms with Gasteiger partial charge in [-0.25, -0.2) is 0 Å². The summed E-state index contributed by atoms with van der Waals surface area (Å²) in [6, 6.07) is 4.27. The fraction of sp³-hybridized carbons (Fsp3) is 0.273. The molecule has 0 saturated heterocycles. The summed E-state index contributed by atoms with van der Waals surface area (Å²) in [5.41, 5.74) is 0.383. The van der Waals surface area contributed by atoms with Crippen LogP contribution in [-0.2, 0) is 20.9 Å². The SMILES string of the molecule is CC(=O)OCc1cc(OC(C)=O)ccc1O. The summed E-state index contributed by atoms with van der Waals surface area (Å²) in [7, 11) is 0. The van der Waals surface area contributed by atoms with Crippen molar-refractivity contribution in [3.05, 3.63) is 23.8 Å². The Morgan fingerprint density at radius 2 is 1.94 bits per heavy atom. The van der Waals surface area contributed by atoms with Crippen LogP contribution < -0.4 is 4.74 Å². The summed E-state index contributed by atoms with van der Waals surface area (Å²) in [6.45, 7) is 2.49. The highest BCUT2D eigenvalue weighted by molar-refractivity contribution is 5.69. The summed E-state index contributed by atoms with van der Waals surface area (Å²) in [4.78, 5) is 21.3. The quantitative estimate of drug-likeness (QED) is 0.620. The van der Waals surface area contributed by atoms with Gasteiger partial charge < -0.3 is 14.6 Å². The lowest BCUT2D eigenvalue weighted by molar-refractivity contribution is -0.142. The second kappa shape index (κ2) is 5.16. The molecule has 1 N–H and O–H groups in total. The van der Waals surface area contributed by atoms with Crippen molar-refractivity contribution in [2.75, 3.05) is 0 Å². The molecule has 0 unspecified atom stereocenters. The van der Waals surface area contributed by atoms with E-state index in [0.29, 0.717) is 11.3 Å². The minimum absolute atomic E-state index is 0.0165. The molecule has 0 heterocycles. The molecule has 5 nitrogen and oxygen atoms in total. The Bertz CT molecular complexity index is 411. The molecule has 0 aliphatic heterocycles. The van der Waals surface area contributed by atoms with Gasteiger partial charge in [0, 0.05) is 19.4 Å². The second-order valence-electron chi connectivity index (χ2n) is 3.16. The Hall–Kier alpha value is -2.04. The van der Waals surface area contributed by atoms with Crippen molar-refractivity contribution in [3.8, 4) is 11.5 Å². The van der Waals surface area contributed by atoms with E-state index in [1.165, 1.54) is 32.0 Å². The third-order valence-corrected chi connectivity index (χ3v) is 1.74. The molecule has 1 aromatic rings. The molecular formula is C11H12O5. The summed E-state index contributed by atoms with van der Waals surface area (Å²) in [6.07, 6.45) is 0. The van der Waals surface area contributed by atoms with Crippen molar-refractivity contribution in [2.45, 2.75) is 20.5 Å². The highest BCUT2D eigenvalue weighted by Gasteiger charge is 2.06. The summed E-state index contributed by atoms with van der Waals surface area (Å²) >= 11 is 0. The molecule has 5 heteroatoms. The van der Waals surface area contributed by atoms with Crippen LogP contribution in [0.5, 0.6) is 11.5 Å². The summed E-state index contributed by atoms with van der Waals surface area (Å²) in [5, 5.41) is 9.45. The van der Waals surface area contributed by atoms with E-state index < -0.39 is 11.9 Å². The van der Waals surface area contributed by atoms with Crippen molar-refractivity contribution < 1.29 is 24.2 Å². The van der Waals surface area contributed by atoms with Crippen molar-refractivity contribution >= 4 is 11.9 Å². The molecule has 0 aliphatic rings. The van der Waals surface area contributed by atoms with Gasteiger partial charge >= 0.3 is 11.9 Å². The molecule has 0 aromatic heterocycles. The van der Waals surface area contributed by atoms with Gasteiger partial charge in [-0.1, -0.05) is 0 Å². The number of ether oxygens (including phenoxy) is 2. The Labute approximate surface area is 92.6 Å². The normalized spacial score (nSPS) is 9.62. The van der Waals surface area contributed by atoms with E-state index in [1.807, 2.05) is 0 Å². The lowest BCUT2D eigenvalue weighted by atomic mass is 10.2. The molecule has 1 rings (SSSR count). The van der Waals surface area contributed by atoms with Gasteiger partial charge in [-0.2, -0.15) is 0 Å². The van der Waals surface area contributed by atoms with Gasteiger partial charge in [-0.15, -0.1) is 0 Å². The fourth-order valence-electron chi connectivity index (χ4n) is 1.09. The molecule has 0 fully saturated rings. The summed E-state index contributed by atoms with van der Waals surface area (Å²) < 4.78 is 9.56. The van der Waals surface area contributed by atoms with Gasteiger partial charge in [-0.3, -0.25) is 9.59 Å². The van der Waals surface area contributed by atoms with Crippen LogP contribution in [0.2, 0.25) is 0 Å². The molecule has 0 saturated carbocycles. The van der Waals surface area contributed by atoms with Crippen LogP contribution in [-0.4, -0.2) is 17.0 Å². The molecule has 0 spiro atoms. The van der Waals surface area contributed by atoms with Crippen LogP contribution in [0.4, 0.5) is 0 Å². The van der Waals surface area contributed by atoms with Gasteiger partial charge in [0.2, 0.25) is 0 Å². The zero-order valence-corrected chi connectivity index (χ0v) is 9.02. The maximum absolute atomic E-state index is 10.7. The first-order valence-electron chi connectivity index (χ1n) is 4.62. The zero-order chi connectivity index (χ0) is 12.1. The van der Waals surface area contributed by atoms with Gasteiger partial charge in [0.25, 0.3) is 0 Å². The van der Waals surface area contributed by atoms with E-state index in [2.05, 4.69) is 0 Å². The predicted octanol–water partition coefficient (Wildman–Crippen LogP) is 1.38. The van der Waals surface area contributed by atoms with Gasteiger partial charge in [-0.05, 0) is 18.2 Å². The first kappa shape index (κ1) is 12.0. The van der Waals surface area contributed by atoms with Gasteiger partial charge in [0.15, 0.2) is 0 Å². The van der Waals surface area contributed by atoms with E-state index in [-0.39, 0.29) is 12.4 Å². The van der Waals surface area contributed by atoms with Crippen LogP contribution in [0.3, 0.4) is 0 Å². The predicted molar refractivity (Wildman–Crippen MR) is 54.9 cm³/mol. The van der Waals surface area contributed by atoms with Crippen LogP contribution >= 0.6 is 0 Å². The molecule has 0 amide bonds. The smallest absolute Gasteiger partial charge is 0.308 e. The van der Waals surface area contributed by atoms with Crippen molar-refractivity contribution in [1.82, 2.24) is 0 Å². The number of phenols is 1. The van der Waals surface area contributed by atoms with E-state index in [1.54, 1.807) is 0 Å². The minimum atomic E-state index is -0.455. The fourth-order valence-corrected chi connectivity index (χ4v) is 1.09. The number of carbonyl (C=O) groups is 2. The number of phenolic OH excluding ortho intramolecular Hbond substituents is 1. The number of hydrogen-bond donors (Lipinski definition) is 1. The van der Waals surface area contributed by atoms with E-state index in [4.69, 9.17) is 9.47 Å². The molecule has 0 aliphatic carbocycles. The monoisotopic (exact) mass is 224 g/mol. The van der Waals surface area contributed by atoms with Gasteiger partial charge in [0.1, 0.15) is 18.1 Å². The first-order chi connectivity index (χ1) is 7.49. The maximum Gasteiger partial charge on any atom is 0.308 e. The Morgan fingerprint density at radius 1 is 1.25 bits per heavy atom. The second-order valence-corrected chi connectivity index (χ2v) is 3.16. The van der Waals surface area contributed by atoms with Crippen molar-refractivity contribution in [2.24, 2.45) is 0 Å². The third kappa shape index (κ3) is 3.61. The molecule has 0 bridgehead atoms. The number of carbonyl (C=O) groups excluding carboxylic acids is 2. The van der Waals surface area contributed by atoms with Crippen LogP contribution in [0, 0.1) is 0 Å². The average Bonchev–Trinajstić information content (AvgIpc) is 2.18. The lowest BCUT2D eigenvalue weighted by Gasteiger charge is -2.07.